The van der Waals surface area contributed by atoms with E-state index in [1.165, 1.54) is 0 Å². The molecule has 1 aliphatic heterocycles. The second-order valence-electron chi connectivity index (χ2n) is 5.38. The molecule has 0 aliphatic carbocycles. The SMILES string of the molecule is CCC(C(=O)c1ccccc1)N(C)C1CCS(=O)(=O)C1. The van der Waals surface area contributed by atoms with Crippen molar-refractivity contribution in [1.82, 2.24) is 4.90 Å². The highest BCUT2D eigenvalue weighted by atomic mass is 32.2. The Labute approximate surface area is 120 Å². The molecule has 0 aromatic heterocycles. The van der Waals surface area contributed by atoms with Gasteiger partial charge in [0.2, 0.25) is 0 Å². The maximum absolute atomic E-state index is 12.5. The summed E-state index contributed by atoms with van der Waals surface area (Å²) in [5, 5.41) is 0. The van der Waals surface area contributed by atoms with E-state index in [0.29, 0.717) is 18.4 Å². The maximum Gasteiger partial charge on any atom is 0.179 e. The van der Waals surface area contributed by atoms with Crippen LogP contribution in [0.5, 0.6) is 0 Å². The van der Waals surface area contributed by atoms with Gasteiger partial charge in [0.15, 0.2) is 15.6 Å². The third kappa shape index (κ3) is 3.27. The van der Waals surface area contributed by atoms with Crippen molar-refractivity contribution in [2.45, 2.75) is 31.8 Å². The number of benzene rings is 1. The molecule has 1 aliphatic rings. The number of hydrogen-bond donors (Lipinski definition) is 0. The second kappa shape index (κ2) is 6.06. The quantitative estimate of drug-likeness (QED) is 0.777. The molecule has 0 radical (unpaired) electrons. The first-order valence-corrected chi connectivity index (χ1v) is 8.78. The van der Waals surface area contributed by atoms with Gasteiger partial charge in [-0.2, -0.15) is 0 Å². The predicted octanol–water partition coefficient (Wildman–Crippen LogP) is 1.77. The molecule has 5 heteroatoms. The third-order valence-corrected chi connectivity index (χ3v) is 5.77. The fourth-order valence-electron chi connectivity index (χ4n) is 2.80. The van der Waals surface area contributed by atoms with Crippen LogP contribution in [0, 0.1) is 0 Å². The molecule has 20 heavy (non-hydrogen) atoms. The van der Waals surface area contributed by atoms with Crippen molar-refractivity contribution in [2.75, 3.05) is 18.6 Å². The van der Waals surface area contributed by atoms with Crippen molar-refractivity contribution in [3.05, 3.63) is 35.9 Å². The minimum atomic E-state index is -2.93. The standard InChI is InChI=1S/C15H21NO3S/c1-3-14(15(17)12-7-5-4-6-8-12)16(2)13-9-10-20(18,19)11-13/h4-8,13-14H,3,9-11H2,1-2H3. The lowest BCUT2D eigenvalue weighted by Gasteiger charge is -2.30. The average molecular weight is 295 g/mol. The smallest absolute Gasteiger partial charge is 0.179 e. The van der Waals surface area contributed by atoms with Crippen molar-refractivity contribution in [1.29, 1.82) is 0 Å². The Morgan fingerprint density at radius 1 is 1.35 bits per heavy atom. The van der Waals surface area contributed by atoms with E-state index in [4.69, 9.17) is 0 Å². The largest absolute Gasteiger partial charge is 0.292 e. The lowest BCUT2D eigenvalue weighted by Crippen LogP contribution is -2.45. The number of Topliss-reactive ketones (excluding diaryl/α,β-unsaturated/α-hetero) is 1. The Balaban J connectivity index is 2.14. The van der Waals surface area contributed by atoms with E-state index in [1.807, 2.05) is 49.2 Å². The third-order valence-electron chi connectivity index (χ3n) is 4.02. The topological polar surface area (TPSA) is 54.5 Å². The van der Waals surface area contributed by atoms with Gasteiger partial charge in [0.25, 0.3) is 0 Å². The van der Waals surface area contributed by atoms with Gasteiger partial charge in [0.05, 0.1) is 17.5 Å². The molecule has 4 nitrogen and oxygen atoms in total. The molecule has 1 saturated heterocycles. The number of nitrogens with zero attached hydrogens (tertiary/aromatic N) is 1. The second-order valence-corrected chi connectivity index (χ2v) is 7.61. The zero-order valence-corrected chi connectivity index (χ0v) is 12.8. The van der Waals surface area contributed by atoms with Crippen molar-refractivity contribution in [2.24, 2.45) is 0 Å². The molecule has 110 valence electrons. The molecule has 2 unspecified atom stereocenters. The van der Waals surface area contributed by atoms with Crippen LogP contribution in [0.25, 0.3) is 0 Å². The van der Waals surface area contributed by atoms with Crippen LogP contribution in [0.4, 0.5) is 0 Å². The van der Waals surface area contributed by atoms with Crippen LogP contribution in [-0.2, 0) is 9.84 Å². The molecule has 0 spiro atoms. The first kappa shape index (κ1) is 15.2. The van der Waals surface area contributed by atoms with E-state index >= 15 is 0 Å². The van der Waals surface area contributed by atoms with Crippen LogP contribution < -0.4 is 0 Å². The van der Waals surface area contributed by atoms with Gasteiger partial charge in [0.1, 0.15) is 0 Å². The number of ketones is 1. The molecule has 2 atom stereocenters. The summed E-state index contributed by atoms with van der Waals surface area (Å²) in [7, 11) is -1.06. The Bertz CT molecular complexity index is 568. The Morgan fingerprint density at radius 2 is 2.00 bits per heavy atom. The summed E-state index contributed by atoms with van der Waals surface area (Å²) < 4.78 is 23.2. The molecule has 1 aromatic carbocycles. The molecule has 1 heterocycles. The molecule has 0 N–H and O–H groups in total. The highest BCUT2D eigenvalue weighted by molar-refractivity contribution is 7.91. The van der Waals surface area contributed by atoms with Gasteiger partial charge in [-0.3, -0.25) is 9.69 Å². The van der Waals surface area contributed by atoms with E-state index in [9.17, 15) is 13.2 Å². The number of likely N-dealkylation sites (N-methyl/N-ethyl adjacent to an activating group) is 1. The molecule has 0 saturated carbocycles. The number of sulfone groups is 1. The van der Waals surface area contributed by atoms with Crippen LogP contribution in [0.1, 0.15) is 30.1 Å². The zero-order chi connectivity index (χ0) is 14.8. The van der Waals surface area contributed by atoms with Gasteiger partial charge in [-0.25, -0.2) is 8.42 Å². The summed E-state index contributed by atoms with van der Waals surface area (Å²) in [6, 6.07) is 8.90. The lowest BCUT2D eigenvalue weighted by molar-refractivity contribution is 0.0801. The molecule has 2 rings (SSSR count). The average Bonchev–Trinajstić information content (AvgIpc) is 2.80. The first-order valence-electron chi connectivity index (χ1n) is 6.96. The Hall–Kier alpha value is -1.20. The van der Waals surface area contributed by atoms with E-state index in [1.54, 1.807) is 0 Å². The van der Waals surface area contributed by atoms with Crippen LogP contribution >= 0.6 is 0 Å². The van der Waals surface area contributed by atoms with Crippen LogP contribution in [0.3, 0.4) is 0 Å². The summed E-state index contributed by atoms with van der Waals surface area (Å²) in [6.07, 6.45) is 1.30. The maximum atomic E-state index is 12.5. The minimum Gasteiger partial charge on any atom is -0.292 e. The minimum absolute atomic E-state index is 0.0439. The normalized spacial score (nSPS) is 22.9. The van der Waals surface area contributed by atoms with Crippen molar-refractivity contribution >= 4 is 15.6 Å². The summed E-state index contributed by atoms with van der Waals surface area (Å²) in [4.78, 5) is 14.5. The van der Waals surface area contributed by atoms with E-state index in [0.717, 1.165) is 0 Å². The highest BCUT2D eigenvalue weighted by Crippen LogP contribution is 2.21. The van der Waals surface area contributed by atoms with Gasteiger partial charge < -0.3 is 0 Å². The molecular weight excluding hydrogens is 274 g/mol. The summed E-state index contributed by atoms with van der Waals surface area (Å²) in [5.41, 5.74) is 0.687. The van der Waals surface area contributed by atoms with Gasteiger partial charge in [-0.05, 0) is 19.9 Å². The van der Waals surface area contributed by atoms with E-state index in [2.05, 4.69) is 0 Å². The Kier molecular flexibility index (Phi) is 4.60. The number of carbonyl (C=O) groups excluding carboxylic acids is 1. The van der Waals surface area contributed by atoms with E-state index in [-0.39, 0.29) is 29.4 Å². The Morgan fingerprint density at radius 3 is 2.50 bits per heavy atom. The van der Waals surface area contributed by atoms with Gasteiger partial charge >= 0.3 is 0 Å². The highest BCUT2D eigenvalue weighted by Gasteiger charge is 2.35. The molecule has 0 amide bonds. The number of rotatable bonds is 5. The van der Waals surface area contributed by atoms with Crippen molar-refractivity contribution < 1.29 is 13.2 Å². The predicted molar refractivity (Wildman–Crippen MR) is 79.7 cm³/mol. The number of hydrogen-bond acceptors (Lipinski definition) is 4. The molecular formula is C15H21NO3S. The zero-order valence-electron chi connectivity index (χ0n) is 12.0. The van der Waals surface area contributed by atoms with Crippen molar-refractivity contribution in [3.8, 4) is 0 Å². The fraction of sp³-hybridized carbons (Fsp3) is 0.533. The molecule has 1 fully saturated rings. The van der Waals surface area contributed by atoms with Gasteiger partial charge in [-0.1, -0.05) is 37.3 Å². The molecule has 0 bridgehead atoms. The van der Waals surface area contributed by atoms with Crippen LogP contribution in [-0.4, -0.2) is 49.7 Å². The molecule has 1 aromatic rings. The van der Waals surface area contributed by atoms with Crippen LogP contribution in [0.2, 0.25) is 0 Å². The lowest BCUT2D eigenvalue weighted by atomic mass is 9.99. The van der Waals surface area contributed by atoms with Gasteiger partial charge in [0, 0.05) is 11.6 Å². The van der Waals surface area contributed by atoms with Crippen molar-refractivity contribution in [3.63, 3.8) is 0 Å². The van der Waals surface area contributed by atoms with E-state index < -0.39 is 9.84 Å². The summed E-state index contributed by atoms with van der Waals surface area (Å²) in [6.45, 7) is 1.96. The number of carbonyl (C=O) groups is 1. The first-order chi connectivity index (χ1) is 9.44. The monoisotopic (exact) mass is 295 g/mol. The summed E-state index contributed by atoms with van der Waals surface area (Å²) in [5.74, 6) is 0.472. The fourth-order valence-corrected chi connectivity index (χ4v) is 4.59. The van der Waals surface area contributed by atoms with Gasteiger partial charge in [-0.15, -0.1) is 0 Å². The summed E-state index contributed by atoms with van der Waals surface area (Å²) >= 11 is 0. The van der Waals surface area contributed by atoms with Crippen LogP contribution in [0.15, 0.2) is 30.3 Å².